The summed E-state index contributed by atoms with van der Waals surface area (Å²) in [5, 5.41) is 7.49. The Bertz CT molecular complexity index is 503. The van der Waals surface area contributed by atoms with Crippen LogP contribution in [0.2, 0.25) is 5.02 Å². The first kappa shape index (κ1) is 11.9. The van der Waals surface area contributed by atoms with Gasteiger partial charge in [-0.05, 0) is 17.0 Å². The maximum absolute atomic E-state index is 6.14. The molecule has 0 amide bonds. The van der Waals surface area contributed by atoms with Crippen LogP contribution in [-0.2, 0) is 5.41 Å². The lowest BCUT2D eigenvalue weighted by Gasteiger charge is -2.21. The van der Waals surface area contributed by atoms with Gasteiger partial charge in [0.2, 0.25) is 0 Å². The van der Waals surface area contributed by atoms with Crippen molar-refractivity contribution >= 4 is 23.2 Å². The Kier molecular flexibility index (Phi) is 3.07. The van der Waals surface area contributed by atoms with Gasteiger partial charge in [0.1, 0.15) is 12.1 Å². The predicted octanol–water partition coefficient (Wildman–Crippen LogP) is 3.76. The summed E-state index contributed by atoms with van der Waals surface area (Å²) in [6.07, 6.45) is 3.15. The Morgan fingerprint density at radius 3 is 2.65 bits per heavy atom. The highest BCUT2D eigenvalue weighted by Crippen LogP contribution is 2.30. The van der Waals surface area contributed by atoms with Crippen molar-refractivity contribution in [2.75, 3.05) is 5.32 Å². The van der Waals surface area contributed by atoms with Gasteiger partial charge in [0.05, 0.1) is 5.02 Å². The van der Waals surface area contributed by atoms with Gasteiger partial charge in [-0.1, -0.05) is 37.5 Å². The van der Waals surface area contributed by atoms with Crippen molar-refractivity contribution in [3.63, 3.8) is 0 Å². The molecule has 0 spiro atoms. The third-order valence-electron chi connectivity index (χ3n) is 2.36. The number of rotatable bonds is 2. The number of hydrogen-bond donors (Lipinski definition) is 1. The van der Waals surface area contributed by atoms with Crippen LogP contribution < -0.4 is 5.32 Å². The minimum absolute atomic E-state index is 0.0275. The number of nitrogens with one attached hydrogen (secondary N) is 1. The van der Waals surface area contributed by atoms with E-state index in [0.29, 0.717) is 16.7 Å². The lowest BCUT2D eigenvalue weighted by molar-refractivity contribution is 0.423. The lowest BCUT2D eigenvalue weighted by Crippen LogP contribution is -2.12. The van der Waals surface area contributed by atoms with Crippen LogP contribution in [0, 0.1) is 0 Å². The Morgan fingerprint density at radius 1 is 1.29 bits per heavy atom. The van der Waals surface area contributed by atoms with Crippen LogP contribution in [0.15, 0.2) is 29.1 Å². The lowest BCUT2D eigenvalue weighted by atomic mass is 9.87. The fraction of sp³-hybridized carbons (Fsp3) is 0.333. The molecule has 17 heavy (non-hydrogen) atoms. The summed E-state index contributed by atoms with van der Waals surface area (Å²) in [5.74, 6) is 1.33. The fourth-order valence-electron chi connectivity index (χ4n) is 1.49. The molecule has 90 valence electrons. The molecule has 0 atom stereocenters. The third kappa shape index (κ3) is 2.77. The number of anilines is 2. The van der Waals surface area contributed by atoms with Crippen molar-refractivity contribution in [2.45, 2.75) is 26.2 Å². The highest BCUT2D eigenvalue weighted by atomic mass is 35.5. The van der Waals surface area contributed by atoms with E-state index in [-0.39, 0.29) is 5.41 Å². The molecule has 4 nitrogen and oxygen atoms in total. The molecule has 0 aromatic carbocycles. The fourth-order valence-corrected chi connectivity index (χ4v) is 1.88. The SMILES string of the molecule is CC(C)(C)c1cc(Nc2ccon2)ncc1Cl. The second-order valence-corrected chi connectivity index (χ2v) is 5.22. The van der Waals surface area contributed by atoms with Gasteiger partial charge < -0.3 is 9.84 Å². The zero-order valence-electron chi connectivity index (χ0n) is 9.99. The molecule has 2 aromatic rings. The topological polar surface area (TPSA) is 51.0 Å². The summed E-state index contributed by atoms with van der Waals surface area (Å²) in [5.41, 5.74) is 1.01. The number of hydrogen-bond acceptors (Lipinski definition) is 4. The van der Waals surface area contributed by atoms with E-state index < -0.39 is 0 Å². The Labute approximate surface area is 105 Å². The highest BCUT2D eigenvalue weighted by Gasteiger charge is 2.18. The molecule has 0 saturated carbocycles. The van der Waals surface area contributed by atoms with Gasteiger partial charge in [0, 0.05) is 12.3 Å². The van der Waals surface area contributed by atoms with Crippen molar-refractivity contribution in [3.05, 3.63) is 35.2 Å². The summed E-state index contributed by atoms with van der Waals surface area (Å²) in [6.45, 7) is 6.32. The van der Waals surface area contributed by atoms with Crippen molar-refractivity contribution in [2.24, 2.45) is 0 Å². The van der Waals surface area contributed by atoms with Crippen LogP contribution in [-0.4, -0.2) is 10.1 Å². The number of nitrogens with zero attached hydrogens (tertiary/aromatic N) is 2. The molecule has 0 fully saturated rings. The van der Waals surface area contributed by atoms with E-state index in [9.17, 15) is 0 Å². The largest absolute Gasteiger partial charge is 0.363 e. The maximum atomic E-state index is 6.14. The van der Waals surface area contributed by atoms with Gasteiger partial charge in [0.15, 0.2) is 5.82 Å². The van der Waals surface area contributed by atoms with E-state index >= 15 is 0 Å². The van der Waals surface area contributed by atoms with Crippen LogP contribution in [0.5, 0.6) is 0 Å². The Hall–Kier alpha value is -1.55. The van der Waals surface area contributed by atoms with E-state index in [1.165, 1.54) is 6.26 Å². The Balaban J connectivity index is 2.31. The first-order valence-corrected chi connectivity index (χ1v) is 5.68. The molecule has 5 heteroatoms. The van der Waals surface area contributed by atoms with Crippen molar-refractivity contribution in [1.82, 2.24) is 10.1 Å². The van der Waals surface area contributed by atoms with E-state index in [0.717, 1.165) is 5.56 Å². The van der Waals surface area contributed by atoms with Crippen molar-refractivity contribution < 1.29 is 4.52 Å². The zero-order valence-corrected chi connectivity index (χ0v) is 10.7. The molecule has 0 radical (unpaired) electrons. The molecule has 0 aliphatic carbocycles. The second kappa shape index (κ2) is 4.37. The van der Waals surface area contributed by atoms with E-state index in [1.807, 2.05) is 6.07 Å². The van der Waals surface area contributed by atoms with Crippen LogP contribution in [0.1, 0.15) is 26.3 Å². The minimum atomic E-state index is -0.0275. The first-order valence-electron chi connectivity index (χ1n) is 5.30. The molecule has 1 N–H and O–H groups in total. The smallest absolute Gasteiger partial charge is 0.174 e. The average molecular weight is 252 g/mol. The molecule has 2 rings (SSSR count). The van der Waals surface area contributed by atoms with E-state index in [4.69, 9.17) is 16.1 Å². The summed E-state index contributed by atoms with van der Waals surface area (Å²) in [4.78, 5) is 4.20. The quantitative estimate of drug-likeness (QED) is 0.883. The highest BCUT2D eigenvalue weighted by molar-refractivity contribution is 6.31. The third-order valence-corrected chi connectivity index (χ3v) is 2.66. The molecular formula is C12H14ClN3O. The van der Waals surface area contributed by atoms with Crippen molar-refractivity contribution in [3.8, 4) is 0 Å². The van der Waals surface area contributed by atoms with E-state index in [2.05, 4.69) is 36.2 Å². The van der Waals surface area contributed by atoms with Gasteiger partial charge in [-0.3, -0.25) is 0 Å². The maximum Gasteiger partial charge on any atom is 0.174 e. The minimum Gasteiger partial charge on any atom is -0.363 e. The van der Waals surface area contributed by atoms with Gasteiger partial charge in [-0.15, -0.1) is 0 Å². The normalized spacial score (nSPS) is 11.5. The van der Waals surface area contributed by atoms with Gasteiger partial charge >= 0.3 is 0 Å². The van der Waals surface area contributed by atoms with Crippen molar-refractivity contribution in [1.29, 1.82) is 0 Å². The van der Waals surface area contributed by atoms with Gasteiger partial charge in [0.25, 0.3) is 0 Å². The number of halogens is 1. The molecule has 2 aromatic heterocycles. The summed E-state index contributed by atoms with van der Waals surface area (Å²) < 4.78 is 4.74. The molecule has 0 saturated heterocycles. The van der Waals surface area contributed by atoms with E-state index in [1.54, 1.807) is 12.3 Å². The molecule has 0 aliphatic heterocycles. The molecule has 0 aliphatic rings. The zero-order chi connectivity index (χ0) is 12.5. The predicted molar refractivity (Wildman–Crippen MR) is 67.7 cm³/mol. The standard InChI is InChI=1S/C12H14ClN3O/c1-12(2,3)8-6-11(14-7-9(8)13)15-10-4-5-17-16-10/h4-7H,1-3H3,(H,14,15,16). The molecule has 2 heterocycles. The second-order valence-electron chi connectivity index (χ2n) is 4.81. The van der Waals surface area contributed by atoms with Crippen LogP contribution >= 0.6 is 11.6 Å². The summed E-state index contributed by atoms with van der Waals surface area (Å²) in [7, 11) is 0. The monoisotopic (exact) mass is 251 g/mol. The molecule has 0 unspecified atom stereocenters. The first-order chi connectivity index (χ1) is 7.97. The van der Waals surface area contributed by atoms with Crippen LogP contribution in [0.4, 0.5) is 11.6 Å². The van der Waals surface area contributed by atoms with Gasteiger partial charge in [-0.25, -0.2) is 4.98 Å². The van der Waals surface area contributed by atoms with Gasteiger partial charge in [-0.2, -0.15) is 0 Å². The number of aromatic nitrogens is 2. The molecular weight excluding hydrogens is 238 g/mol. The number of pyridine rings is 1. The average Bonchev–Trinajstić information content (AvgIpc) is 2.72. The van der Waals surface area contributed by atoms with Crippen LogP contribution in [0.25, 0.3) is 0 Å². The molecule has 0 bridgehead atoms. The van der Waals surface area contributed by atoms with Crippen LogP contribution in [0.3, 0.4) is 0 Å². The Morgan fingerprint density at radius 2 is 2.06 bits per heavy atom. The summed E-state index contributed by atoms with van der Waals surface area (Å²) in [6, 6.07) is 3.66. The summed E-state index contributed by atoms with van der Waals surface area (Å²) >= 11 is 6.14.